The molecule has 0 aliphatic heterocycles. The van der Waals surface area contributed by atoms with E-state index in [2.05, 4.69) is 83.1 Å². The van der Waals surface area contributed by atoms with Crippen LogP contribution in [0.2, 0.25) is 13.1 Å². The second-order valence-electron chi connectivity index (χ2n) is 15.4. The molecule has 0 N–H and O–H groups in total. The third-order valence-corrected chi connectivity index (χ3v) is 8.34. The smallest absolute Gasteiger partial charge is 0.454 e. The van der Waals surface area contributed by atoms with Crippen molar-refractivity contribution in [3.8, 4) is 11.5 Å². The van der Waals surface area contributed by atoms with Crippen molar-refractivity contribution in [3.05, 3.63) is 57.6 Å². The number of hydrogen-bond acceptors (Lipinski definition) is 6. The van der Waals surface area contributed by atoms with Gasteiger partial charge in [0.05, 0.1) is 25.3 Å². The first kappa shape index (κ1) is 34.4. The summed E-state index contributed by atoms with van der Waals surface area (Å²) in [7, 11) is -0.168. The summed E-state index contributed by atoms with van der Waals surface area (Å²) in [5.74, 6) is 0.733. The molecule has 228 valence electrons. The van der Waals surface area contributed by atoms with Crippen molar-refractivity contribution in [1.29, 1.82) is 0 Å². The number of methoxy groups -OCH3 is 2. The van der Waals surface area contributed by atoms with Crippen LogP contribution in [0.5, 0.6) is 11.5 Å². The van der Waals surface area contributed by atoms with Gasteiger partial charge in [0, 0.05) is 13.1 Å². The van der Waals surface area contributed by atoms with Crippen LogP contribution in [0.25, 0.3) is 0 Å². The van der Waals surface area contributed by atoms with Crippen LogP contribution in [0.3, 0.4) is 0 Å². The Labute approximate surface area is 249 Å². The number of carbonyl (C=O) groups is 2. The number of carbonyl (C=O) groups excluding carboxylic acids is 2. The Bertz CT molecular complexity index is 1120. The summed E-state index contributed by atoms with van der Waals surface area (Å²) in [6.07, 6.45) is 0. The molecule has 2 rings (SSSR count). The minimum absolute atomic E-state index is 0.320. The molecule has 0 heterocycles. The summed E-state index contributed by atoms with van der Waals surface area (Å²) < 4.78 is 24.2. The van der Waals surface area contributed by atoms with Gasteiger partial charge in [0.2, 0.25) is 0 Å². The van der Waals surface area contributed by atoms with Crippen LogP contribution in [0.15, 0.2) is 24.3 Å². The lowest BCUT2D eigenvalue weighted by atomic mass is 9.78. The molecule has 2 aromatic rings. The zero-order chi connectivity index (χ0) is 31.9. The number of esters is 2. The maximum absolute atomic E-state index is 12.7. The van der Waals surface area contributed by atoms with Crippen LogP contribution in [0.4, 0.5) is 0 Å². The Morgan fingerprint density at radius 3 is 0.902 bits per heavy atom. The average Bonchev–Trinajstić information content (AvgIpc) is 2.79. The summed E-state index contributed by atoms with van der Waals surface area (Å²) in [6, 6.07) is 7.53. The van der Waals surface area contributed by atoms with Gasteiger partial charge in [0.1, 0.15) is 11.5 Å². The Hall–Kier alpha value is -2.80. The van der Waals surface area contributed by atoms with Crippen LogP contribution in [0, 0.1) is 0 Å². The molecule has 0 bridgehead atoms. The minimum Gasteiger partial charge on any atom is -0.512 e. The molecular weight excluding hydrogens is 532 g/mol. The fourth-order valence-corrected chi connectivity index (χ4v) is 6.15. The maximum Gasteiger partial charge on any atom is 0.454 e. The SMILES string of the molecule is COC(=O)c1cc(C(C)(C)C)c(O[Si](C)(C)Oc2c(C(C)(C)C)cc(C(=O)OC)cc2C(C)(C)C)c(C(C)(C)C)c1. The van der Waals surface area contributed by atoms with E-state index in [9.17, 15) is 9.59 Å². The number of benzene rings is 2. The summed E-state index contributed by atoms with van der Waals surface area (Å²) in [5.41, 5.74) is 3.39. The zero-order valence-corrected chi connectivity index (χ0v) is 29.3. The first-order valence-corrected chi connectivity index (χ1v) is 17.1. The summed E-state index contributed by atoms with van der Waals surface area (Å²) in [4.78, 5) is 25.3. The molecule has 0 saturated carbocycles. The molecule has 0 aliphatic carbocycles. The molecule has 0 unspecified atom stereocenters. The molecule has 0 aromatic heterocycles. The highest BCUT2D eigenvalue weighted by Gasteiger charge is 2.39. The summed E-state index contributed by atoms with van der Waals surface area (Å²) in [6.45, 7) is 29.4. The van der Waals surface area contributed by atoms with E-state index in [0.717, 1.165) is 33.8 Å². The zero-order valence-electron chi connectivity index (χ0n) is 28.3. The molecule has 0 atom stereocenters. The lowest BCUT2D eigenvalue weighted by molar-refractivity contribution is 0.0591. The van der Waals surface area contributed by atoms with Gasteiger partial charge in [-0.3, -0.25) is 0 Å². The molecule has 0 spiro atoms. The van der Waals surface area contributed by atoms with Crippen LogP contribution in [-0.4, -0.2) is 34.7 Å². The van der Waals surface area contributed by atoms with E-state index in [1.807, 2.05) is 37.4 Å². The van der Waals surface area contributed by atoms with Crippen LogP contribution < -0.4 is 8.85 Å². The van der Waals surface area contributed by atoms with Gasteiger partial charge < -0.3 is 18.3 Å². The number of ether oxygens (including phenoxy) is 2. The second-order valence-corrected chi connectivity index (χ2v) is 18.6. The maximum atomic E-state index is 12.7. The molecule has 0 radical (unpaired) electrons. The van der Waals surface area contributed by atoms with E-state index in [1.54, 1.807) is 0 Å². The molecule has 41 heavy (non-hydrogen) atoms. The molecule has 7 heteroatoms. The largest absolute Gasteiger partial charge is 0.512 e. The van der Waals surface area contributed by atoms with Gasteiger partial charge in [-0.25, -0.2) is 9.59 Å². The van der Waals surface area contributed by atoms with Crippen molar-refractivity contribution < 1.29 is 27.9 Å². The van der Waals surface area contributed by atoms with Gasteiger partial charge in [-0.05, 0) is 68.2 Å². The Kier molecular flexibility index (Phi) is 9.62. The van der Waals surface area contributed by atoms with E-state index in [1.165, 1.54) is 14.2 Å². The highest BCUT2D eigenvalue weighted by Crippen LogP contribution is 2.45. The van der Waals surface area contributed by atoms with Crippen molar-refractivity contribution in [1.82, 2.24) is 0 Å². The Balaban J connectivity index is 2.86. The lowest BCUT2D eigenvalue weighted by Gasteiger charge is -2.37. The normalized spacial score (nSPS) is 13.1. The van der Waals surface area contributed by atoms with Gasteiger partial charge in [-0.2, -0.15) is 0 Å². The fraction of sp³-hybridized carbons (Fsp3) is 0.588. The van der Waals surface area contributed by atoms with Crippen LogP contribution in [0.1, 0.15) is 126 Å². The summed E-state index contributed by atoms with van der Waals surface area (Å²) >= 11 is 0. The van der Waals surface area contributed by atoms with Crippen molar-refractivity contribution in [3.63, 3.8) is 0 Å². The van der Waals surface area contributed by atoms with Crippen molar-refractivity contribution in [2.24, 2.45) is 0 Å². The standard InChI is InChI=1S/C34H52O6Si/c1-31(2,3)23-17-21(29(35)37-13)18-24(32(4,5)6)27(23)39-41(15,16)40-28-25(33(7,8)9)19-22(30(36)38-14)20-26(28)34(10,11)12/h17-20H,1-16H3. The van der Waals surface area contributed by atoms with Gasteiger partial charge in [-0.1, -0.05) is 83.1 Å². The topological polar surface area (TPSA) is 71.1 Å². The third kappa shape index (κ3) is 8.15. The fourth-order valence-electron chi connectivity index (χ4n) is 4.69. The van der Waals surface area contributed by atoms with Crippen LogP contribution >= 0.6 is 0 Å². The second kappa shape index (κ2) is 11.5. The van der Waals surface area contributed by atoms with E-state index in [0.29, 0.717) is 11.1 Å². The summed E-state index contributed by atoms with van der Waals surface area (Å²) in [5, 5.41) is 0. The van der Waals surface area contributed by atoms with Crippen molar-refractivity contribution in [2.75, 3.05) is 14.2 Å². The third-order valence-electron chi connectivity index (χ3n) is 6.95. The number of hydrogen-bond donors (Lipinski definition) is 0. The molecule has 6 nitrogen and oxygen atoms in total. The Morgan fingerprint density at radius 2 is 0.732 bits per heavy atom. The van der Waals surface area contributed by atoms with E-state index >= 15 is 0 Å². The highest BCUT2D eigenvalue weighted by molar-refractivity contribution is 6.66. The van der Waals surface area contributed by atoms with E-state index < -0.39 is 8.56 Å². The first-order valence-electron chi connectivity index (χ1n) is 14.3. The van der Waals surface area contributed by atoms with Gasteiger partial charge >= 0.3 is 20.5 Å². The Morgan fingerprint density at radius 1 is 0.512 bits per heavy atom. The molecule has 0 fully saturated rings. The molecule has 0 aliphatic rings. The molecule has 0 amide bonds. The quantitative estimate of drug-likeness (QED) is 0.250. The lowest BCUT2D eigenvalue weighted by Crippen LogP contribution is -2.44. The predicted octanol–water partition coefficient (Wildman–Crippen LogP) is 8.61. The first-order chi connectivity index (χ1) is 18.3. The highest BCUT2D eigenvalue weighted by atomic mass is 28.4. The van der Waals surface area contributed by atoms with Crippen molar-refractivity contribution in [2.45, 2.75) is 118 Å². The van der Waals surface area contributed by atoms with E-state index in [-0.39, 0.29) is 33.6 Å². The monoisotopic (exact) mass is 584 g/mol. The van der Waals surface area contributed by atoms with Crippen molar-refractivity contribution >= 4 is 20.5 Å². The minimum atomic E-state index is -2.96. The predicted molar refractivity (Wildman–Crippen MR) is 169 cm³/mol. The van der Waals surface area contributed by atoms with Gasteiger partial charge in [0.15, 0.2) is 0 Å². The molecule has 0 saturated heterocycles. The van der Waals surface area contributed by atoms with Crippen LogP contribution in [-0.2, 0) is 31.1 Å². The average molecular weight is 585 g/mol. The number of rotatable bonds is 6. The van der Waals surface area contributed by atoms with Gasteiger partial charge in [0.25, 0.3) is 0 Å². The van der Waals surface area contributed by atoms with Gasteiger partial charge in [-0.15, -0.1) is 0 Å². The molecular formula is C34H52O6Si. The molecule has 2 aromatic carbocycles. The van der Waals surface area contributed by atoms with E-state index in [4.69, 9.17) is 18.3 Å².